The molecule has 2 heterocycles. The number of benzene rings is 1. The van der Waals surface area contributed by atoms with E-state index >= 15 is 8.78 Å². The SMILES string of the molecule is COC1C(N(S(=O)(=O)C(F)(F)F)S(=O)(=O)C(F)(F)C(=O)N2CCCCC2)c2ccccc2C12OCCO2. The van der Waals surface area contributed by atoms with Crippen molar-refractivity contribution in [1.82, 2.24) is 8.61 Å². The highest BCUT2D eigenvalue weighted by Crippen LogP contribution is 2.55. The smallest absolute Gasteiger partial charge is 0.373 e. The quantitative estimate of drug-likeness (QED) is 0.471. The van der Waals surface area contributed by atoms with E-state index in [0.717, 1.165) is 13.2 Å². The van der Waals surface area contributed by atoms with Crippen molar-refractivity contribution < 1.29 is 57.8 Å². The summed E-state index contributed by atoms with van der Waals surface area (Å²) in [4.78, 5) is 13.1. The summed E-state index contributed by atoms with van der Waals surface area (Å²) in [6.45, 7) is -0.811. The summed E-state index contributed by atoms with van der Waals surface area (Å²) in [6.07, 6.45) is -0.899. The van der Waals surface area contributed by atoms with Gasteiger partial charge in [-0.1, -0.05) is 28.0 Å². The molecular formula is C20H23F5N2O8S2. The monoisotopic (exact) mass is 578 g/mol. The van der Waals surface area contributed by atoms with Crippen LogP contribution in [0.15, 0.2) is 24.3 Å². The third kappa shape index (κ3) is 4.14. The topological polar surface area (TPSA) is 120 Å². The lowest BCUT2D eigenvalue weighted by Gasteiger charge is -2.37. The largest absolute Gasteiger partial charge is 0.512 e. The fraction of sp³-hybridized carbons (Fsp3) is 0.650. The first kappa shape index (κ1) is 28.1. The Labute approximate surface area is 209 Å². The van der Waals surface area contributed by atoms with Crippen molar-refractivity contribution in [2.45, 2.75) is 48.0 Å². The third-order valence-corrected chi connectivity index (χ3v) is 10.5. The van der Waals surface area contributed by atoms with Crippen molar-refractivity contribution >= 4 is 26.0 Å². The number of hydrogen-bond acceptors (Lipinski definition) is 8. The van der Waals surface area contributed by atoms with Crippen molar-refractivity contribution in [3.05, 3.63) is 35.4 Å². The van der Waals surface area contributed by atoms with Crippen LogP contribution in [0.4, 0.5) is 22.0 Å². The van der Waals surface area contributed by atoms with Gasteiger partial charge in [-0.2, -0.15) is 22.0 Å². The summed E-state index contributed by atoms with van der Waals surface area (Å²) in [5, 5.41) is -5.57. The molecule has 1 aliphatic carbocycles. The van der Waals surface area contributed by atoms with Crippen LogP contribution in [-0.4, -0.2) is 81.6 Å². The molecule has 3 aliphatic rings. The van der Waals surface area contributed by atoms with Gasteiger partial charge in [0.2, 0.25) is 5.79 Å². The van der Waals surface area contributed by atoms with Crippen LogP contribution in [0.2, 0.25) is 0 Å². The molecule has 17 heteroatoms. The van der Waals surface area contributed by atoms with E-state index < -0.39 is 63.9 Å². The van der Waals surface area contributed by atoms with E-state index in [1.807, 2.05) is 0 Å². The number of carbonyl (C=O) groups excluding carboxylic acids is 1. The van der Waals surface area contributed by atoms with Gasteiger partial charge in [0.15, 0.2) is 0 Å². The van der Waals surface area contributed by atoms with Crippen molar-refractivity contribution in [3.8, 4) is 0 Å². The van der Waals surface area contributed by atoms with E-state index in [1.165, 1.54) is 18.2 Å². The van der Waals surface area contributed by atoms with Gasteiger partial charge < -0.3 is 19.1 Å². The van der Waals surface area contributed by atoms with Crippen LogP contribution in [0.5, 0.6) is 0 Å². The van der Waals surface area contributed by atoms with Gasteiger partial charge in [0.25, 0.3) is 0 Å². The number of sulfonamides is 2. The van der Waals surface area contributed by atoms with Crippen molar-refractivity contribution in [3.63, 3.8) is 0 Å². The Hall–Kier alpha value is -1.92. The molecule has 0 bridgehead atoms. The van der Waals surface area contributed by atoms with Crippen molar-refractivity contribution in [2.24, 2.45) is 0 Å². The van der Waals surface area contributed by atoms with Crippen LogP contribution in [-0.2, 0) is 44.8 Å². The maximum atomic E-state index is 15.4. The molecule has 2 fully saturated rings. The fourth-order valence-electron chi connectivity index (χ4n) is 4.89. The minimum Gasteiger partial charge on any atom is -0.373 e. The Bertz CT molecular complexity index is 1260. The number of methoxy groups -OCH3 is 1. The molecule has 1 spiro atoms. The molecule has 0 aromatic heterocycles. The second-order valence-electron chi connectivity index (χ2n) is 8.60. The van der Waals surface area contributed by atoms with Crippen LogP contribution >= 0.6 is 0 Å². The van der Waals surface area contributed by atoms with Crippen LogP contribution < -0.4 is 0 Å². The average Bonchev–Trinajstić information content (AvgIpc) is 3.42. The molecule has 2 saturated heterocycles. The molecule has 208 valence electrons. The van der Waals surface area contributed by atoms with Crippen molar-refractivity contribution in [2.75, 3.05) is 33.4 Å². The summed E-state index contributed by atoms with van der Waals surface area (Å²) >= 11 is 0. The van der Waals surface area contributed by atoms with E-state index in [2.05, 4.69) is 0 Å². The maximum Gasteiger partial charge on any atom is 0.512 e. The average molecular weight is 579 g/mol. The highest BCUT2D eigenvalue weighted by molar-refractivity contribution is 8.05. The van der Waals surface area contributed by atoms with Gasteiger partial charge >= 0.3 is 36.7 Å². The zero-order valence-corrected chi connectivity index (χ0v) is 20.9. The number of piperidine rings is 1. The van der Waals surface area contributed by atoms with E-state index in [0.29, 0.717) is 11.3 Å². The molecule has 0 saturated carbocycles. The van der Waals surface area contributed by atoms with Crippen LogP contribution in [0.25, 0.3) is 0 Å². The number of fused-ring (bicyclic) bond motifs is 2. The van der Waals surface area contributed by atoms with Gasteiger partial charge in [-0.15, -0.1) is 0 Å². The Morgan fingerprint density at radius 1 is 1.00 bits per heavy atom. The molecule has 37 heavy (non-hydrogen) atoms. The summed E-state index contributed by atoms with van der Waals surface area (Å²) in [5.41, 5.74) is -6.88. The molecule has 1 amide bonds. The van der Waals surface area contributed by atoms with Crippen LogP contribution in [0.1, 0.15) is 36.4 Å². The Kier molecular flexibility index (Phi) is 7.12. The number of amides is 1. The predicted molar refractivity (Wildman–Crippen MR) is 115 cm³/mol. The van der Waals surface area contributed by atoms with Crippen LogP contribution in [0, 0.1) is 0 Å². The fourth-order valence-corrected chi connectivity index (χ4v) is 8.28. The van der Waals surface area contributed by atoms with E-state index in [9.17, 15) is 34.8 Å². The number of halogens is 5. The molecule has 10 nitrogen and oxygen atoms in total. The molecule has 0 radical (unpaired) electrons. The molecular weight excluding hydrogens is 555 g/mol. The van der Waals surface area contributed by atoms with Gasteiger partial charge in [-0.05, 0) is 24.8 Å². The molecule has 1 aromatic rings. The first-order valence-corrected chi connectivity index (χ1v) is 14.0. The van der Waals surface area contributed by atoms with E-state index in [-0.39, 0.29) is 44.7 Å². The second kappa shape index (κ2) is 9.37. The Morgan fingerprint density at radius 3 is 2.11 bits per heavy atom. The number of hydrogen-bond donors (Lipinski definition) is 0. The second-order valence-corrected chi connectivity index (χ2v) is 12.5. The van der Waals surface area contributed by atoms with Gasteiger partial charge in [-0.25, -0.2) is 16.8 Å². The summed E-state index contributed by atoms with van der Waals surface area (Å²) in [7, 11) is -13.0. The van der Waals surface area contributed by atoms with Gasteiger partial charge in [0.05, 0.1) is 19.3 Å². The number of likely N-dealkylation sites (tertiary alicyclic amines) is 1. The number of rotatable bonds is 6. The summed E-state index contributed by atoms with van der Waals surface area (Å²) in [6, 6.07) is 2.37. The van der Waals surface area contributed by atoms with Crippen LogP contribution in [0.3, 0.4) is 0 Å². The highest BCUT2D eigenvalue weighted by atomic mass is 32.3. The summed E-state index contributed by atoms with van der Waals surface area (Å²) < 4.78 is 139. The van der Waals surface area contributed by atoms with E-state index in [4.69, 9.17) is 14.2 Å². The lowest BCUT2D eigenvalue weighted by atomic mass is 10.1. The lowest BCUT2D eigenvalue weighted by molar-refractivity contribution is -0.236. The minimum absolute atomic E-state index is 0.104. The molecule has 0 N–H and O–H groups in total. The van der Waals surface area contributed by atoms with Gasteiger partial charge in [0.1, 0.15) is 6.10 Å². The number of nitrogens with zero attached hydrogens (tertiary/aromatic N) is 2. The predicted octanol–water partition coefficient (Wildman–Crippen LogP) is 2.04. The van der Waals surface area contributed by atoms with E-state index in [1.54, 1.807) is 0 Å². The normalized spacial score (nSPS) is 24.6. The molecule has 4 rings (SSSR count). The van der Waals surface area contributed by atoms with Crippen molar-refractivity contribution in [1.29, 1.82) is 0 Å². The van der Waals surface area contributed by atoms with Gasteiger partial charge in [0, 0.05) is 25.8 Å². The molecule has 1 aromatic carbocycles. The van der Waals surface area contributed by atoms with Gasteiger partial charge in [-0.3, -0.25) is 4.79 Å². The first-order chi connectivity index (χ1) is 17.1. The highest BCUT2D eigenvalue weighted by Gasteiger charge is 2.71. The third-order valence-electron chi connectivity index (χ3n) is 6.50. The number of ether oxygens (including phenoxy) is 3. The lowest BCUT2D eigenvalue weighted by Crippen LogP contribution is -2.59. The first-order valence-electron chi connectivity index (χ1n) is 11.1. The Balaban J connectivity index is 1.94. The zero-order valence-electron chi connectivity index (χ0n) is 19.3. The molecule has 2 aliphatic heterocycles. The summed E-state index contributed by atoms with van der Waals surface area (Å²) in [5.74, 6) is -4.41. The molecule has 2 unspecified atom stereocenters. The molecule has 2 atom stereocenters. The Morgan fingerprint density at radius 2 is 1.57 bits per heavy atom. The number of carbonyl (C=O) groups is 1. The standard InChI is InChI=1S/C20H23F5N2O8S2/c1-33-16-15(13-7-3-4-8-14(13)18(16)34-11-12-35-18)27(37(31,32)20(23,24)25)36(29,30)19(21,22)17(28)26-9-5-2-6-10-26/h3-4,7-8,15-16H,2,5-6,9-12H2,1H3. The maximum absolute atomic E-state index is 15.4. The zero-order chi connectivity index (χ0) is 27.4. The minimum atomic E-state index is -7.06. The number of alkyl halides is 5.